The summed E-state index contributed by atoms with van der Waals surface area (Å²) in [5.41, 5.74) is -1.92. The minimum Gasteiger partial charge on any atom is -0.457 e. The average molecular weight is 553 g/mol. The van der Waals surface area contributed by atoms with Gasteiger partial charge in [-0.25, -0.2) is 0 Å². The van der Waals surface area contributed by atoms with Crippen molar-refractivity contribution >= 4 is 11.9 Å². The number of aliphatic hydroxyl groups excluding tert-OH is 2. The maximum absolute atomic E-state index is 12.6. The molecule has 0 spiro atoms. The Bertz CT molecular complexity index is 919. The van der Waals surface area contributed by atoms with E-state index in [-0.39, 0.29) is 37.2 Å². The summed E-state index contributed by atoms with van der Waals surface area (Å²) in [6.07, 6.45) is 6.42. The van der Waals surface area contributed by atoms with Crippen LogP contribution >= 0.6 is 0 Å². The van der Waals surface area contributed by atoms with Gasteiger partial charge in [-0.05, 0) is 64.0 Å². The van der Waals surface area contributed by atoms with Crippen LogP contribution in [0.2, 0.25) is 0 Å². The van der Waals surface area contributed by atoms with Gasteiger partial charge in [0.2, 0.25) is 0 Å². The van der Waals surface area contributed by atoms with Gasteiger partial charge in [0.15, 0.2) is 0 Å². The number of hydrogen-bond acceptors (Lipinski definition) is 9. The van der Waals surface area contributed by atoms with Gasteiger partial charge in [0.05, 0.1) is 24.7 Å². The van der Waals surface area contributed by atoms with Crippen molar-refractivity contribution in [3.63, 3.8) is 0 Å². The molecule has 9 nitrogen and oxygen atoms in total. The molecule has 9 heteroatoms. The largest absolute Gasteiger partial charge is 0.457 e. The number of hydrogen-bond donors (Lipinski definition) is 4. The zero-order chi connectivity index (χ0) is 29.5. The lowest BCUT2D eigenvalue weighted by atomic mass is 9.88. The van der Waals surface area contributed by atoms with Crippen molar-refractivity contribution in [2.24, 2.45) is 11.8 Å². The molecule has 1 saturated heterocycles. The SMILES string of the molecule is CC[C@H](O)[C@](C)(O)[C@H]1O[C@@H]1C[C@H](C)/C=C/C=C(\C)[C@H]1OC(=O)C[C@@H](O)CC[C@@](C)(O)[C@@H](OC(C)=O)/C=C\[C@H]1C. The van der Waals surface area contributed by atoms with Gasteiger partial charge in [-0.15, -0.1) is 0 Å². The standard InChI is InChI=1S/C30H48O9/c1-8-24(33)30(7,36)28-23(38-28)16-18(2)10-9-11-19(3)27-20(4)12-13-25(37-21(5)31)29(6,35)15-14-22(32)17-26(34)39-27/h9-13,18,20,22-25,27-28,32-33,35-36H,8,14-17H2,1-7H3/b10-9+,13-12-,19-11+/t18-,20-,22+,23-,24+,25+,27-,28+,29-,30+/m1/s1. The Morgan fingerprint density at radius 2 is 2.00 bits per heavy atom. The number of cyclic esters (lactones) is 1. The lowest BCUT2D eigenvalue weighted by Gasteiger charge is -2.32. The third-order valence-electron chi connectivity index (χ3n) is 7.69. The molecule has 2 aliphatic heterocycles. The van der Waals surface area contributed by atoms with E-state index in [2.05, 4.69) is 0 Å². The highest BCUT2D eigenvalue weighted by Gasteiger charge is 2.54. The van der Waals surface area contributed by atoms with Gasteiger partial charge in [0.25, 0.3) is 0 Å². The van der Waals surface area contributed by atoms with Crippen LogP contribution in [0.15, 0.2) is 36.0 Å². The molecule has 4 N–H and O–H groups in total. The highest BCUT2D eigenvalue weighted by atomic mass is 16.6. The van der Waals surface area contributed by atoms with Gasteiger partial charge in [-0.1, -0.05) is 45.1 Å². The van der Waals surface area contributed by atoms with E-state index in [1.807, 2.05) is 45.9 Å². The van der Waals surface area contributed by atoms with E-state index in [1.165, 1.54) is 6.92 Å². The maximum atomic E-state index is 12.6. The first kappa shape index (κ1) is 33.2. The van der Waals surface area contributed by atoms with Gasteiger partial charge < -0.3 is 34.6 Å². The first-order valence-corrected chi connectivity index (χ1v) is 13.9. The molecule has 0 aromatic rings. The highest BCUT2D eigenvalue weighted by Crippen LogP contribution is 2.39. The first-order chi connectivity index (χ1) is 18.1. The molecule has 39 heavy (non-hydrogen) atoms. The topological polar surface area (TPSA) is 146 Å². The second-order valence-electron chi connectivity index (χ2n) is 11.7. The maximum Gasteiger partial charge on any atom is 0.309 e. The van der Waals surface area contributed by atoms with Gasteiger partial charge in [-0.3, -0.25) is 9.59 Å². The minimum atomic E-state index is -1.42. The minimum absolute atomic E-state index is 0.128. The molecule has 0 radical (unpaired) electrons. The molecule has 0 bridgehead atoms. The van der Waals surface area contributed by atoms with Crippen LogP contribution < -0.4 is 0 Å². The van der Waals surface area contributed by atoms with Crippen molar-refractivity contribution in [3.05, 3.63) is 36.0 Å². The van der Waals surface area contributed by atoms with Crippen LogP contribution in [0.5, 0.6) is 0 Å². The van der Waals surface area contributed by atoms with E-state index in [9.17, 15) is 30.0 Å². The summed E-state index contributed by atoms with van der Waals surface area (Å²) >= 11 is 0. The second kappa shape index (κ2) is 14.0. The molecular weight excluding hydrogens is 504 g/mol. The second-order valence-corrected chi connectivity index (χ2v) is 11.7. The third kappa shape index (κ3) is 9.83. The lowest BCUT2D eigenvalue weighted by Crippen LogP contribution is -2.45. The summed E-state index contributed by atoms with van der Waals surface area (Å²) in [4.78, 5) is 24.3. The summed E-state index contributed by atoms with van der Waals surface area (Å²) < 4.78 is 16.8. The Balaban J connectivity index is 2.14. The summed E-state index contributed by atoms with van der Waals surface area (Å²) in [5.74, 6) is -1.24. The normalized spacial score (nSPS) is 36.6. The average Bonchev–Trinajstić information content (AvgIpc) is 3.62. The number of ether oxygens (including phenoxy) is 3. The molecule has 0 aromatic carbocycles. The van der Waals surface area contributed by atoms with Crippen LogP contribution in [0, 0.1) is 11.8 Å². The van der Waals surface area contributed by atoms with Crippen LogP contribution in [0.4, 0.5) is 0 Å². The van der Waals surface area contributed by atoms with Gasteiger partial charge >= 0.3 is 11.9 Å². The number of aliphatic hydroxyl groups is 4. The molecule has 2 heterocycles. The lowest BCUT2D eigenvalue weighted by molar-refractivity contribution is -0.157. The van der Waals surface area contributed by atoms with Gasteiger partial charge in [0.1, 0.15) is 29.5 Å². The fourth-order valence-electron chi connectivity index (χ4n) is 5.01. The Labute approximate surface area is 232 Å². The van der Waals surface area contributed by atoms with Crippen LogP contribution in [-0.2, 0) is 23.8 Å². The van der Waals surface area contributed by atoms with Crippen molar-refractivity contribution in [1.82, 2.24) is 0 Å². The zero-order valence-electron chi connectivity index (χ0n) is 24.4. The Hall–Kier alpha value is -2.04. The summed E-state index contributed by atoms with van der Waals surface area (Å²) in [6, 6.07) is 0. The molecule has 0 aliphatic carbocycles. The summed E-state index contributed by atoms with van der Waals surface area (Å²) in [6.45, 7) is 12.0. The van der Waals surface area contributed by atoms with Crippen molar-refractivity contribution in [3.8, 4) is 0 Å². The summed E-state index contributed by atoms with van der Waals surface area (Å²) in [5, 5.41) is 41.9. The molecule has 0 amide bonds. The number of rotatable bonds is 9. The number of carbonyl (C=O) groups excluding carboxylic acids is 2. The molecule has 222 valence electrons. The molecule has 1 fully saturated rings. The molecule has 0 unspecified atom stereocenters. The quantitative estimate of drug-likeness (QED) is 0.147. The predicted molar refractivity (Wildman–Crippen MR) is 146 cm³/mol. The highest BCUT2D eigenvalue weighted by molar-refractivity contribution is 5.70. The third-order valence-corrected chi connectivity index (χ3v) is 7.69. The first-order valence-electron chi connectivity index (χ1n) is 13.9. The van der Waals surface area contributed by atoms with E-state index in [0.717, 1.165) is 5.57 Å². The van der Waals surface area contributed by atoms with Crippen molar-refractivity contribution in [2.45, 2.75) is 128 Å². The fraction of sp³-hybridized carbons (Fsp3) is 0.733. The predicted octanol–water partition coefficient (Wildman–Crippen LogP) is 3.14. The van der Waals surface area contributed by atoms with Crippen LogP contribution in [0.3, 0.4) is 0 Å². The van der Waals surface area contributed by atoms with E-state index in [4.69, 9.17) is 14.2 Å². The van der Waals surface area contributed by atoms with Crippen LogP contribution in [0.25, 0.3) is 0 Å². The van der Waals surface area contributed by atoms with Gasteiger partial charge in [0, 0.05) is 12.8 Å². The smallest absolute Gasteiger partial charge is 0.309 e. The zero-order valence-corrected chi connectivity index (χ0v) is 24.4. The number of esters is 2. The monoisotopic (exact) mass is 552 g/mol. The number of carbonyl (C=O) groups is 2. The number of epoxide rings is 1. The van der Waals surface area contributed by atoms with Crippen molar-refractivity contribution in [1.29, 1.82) is 0 Å². The molecular formula is C30H48O9. The van der Waals surface area contributed by atoms with Crippen LogP contribution in [-0.4, -0.2) is 80.2 Å². The van der Waals surface area contributed by atoms with Crippen LogP contribution in [0.1, 0.15) is 80.6 Å². The van der Waals surface area contributed by atoms with E-state index >= 15 is 0 Å². The molecule has 2 rings (SSSR count). The Morgan fingerprint density at radius 3 is 2.62 bits per heavy atom. The molecule has 10 atom stereocenters. The number of allylic oxidation sites excluding steroid dienone is 3. The fourth-order valence-corrected chi connectivity index (χ4v) is 5.01. The van der Waals surface area contributed by atoms with E-state index < -0.39 is 53.7 Å². The summed E-state index contributed by atoms with van der Waals surface area (Å²) in [7, 11) is 0. The Kier molecular flexibility index (Phi) is 11.9. The van der Waals surface area contributed by atoms with Gasteiger partial charge in [-0.2, -0.15) is 0 Å². The van der Waals surface area contributed by atoms with Crippen molar-refractivity contribution < 1.29 is 44.2 Å². The van der Waals surface area contributed by atoms with E-state index in [0.29, 0.717) is 12.8 Å². The Morgan fingerprint density at radius 1 is 1.33 bits per heavy atom. The van der Waals surface area contributed by atoms with Crippen molar-refractivity contribution in [2.75, 3.05) is 0 Å². The molecule has 0 aromatic heterocycles. The van der Waals surface area contributed by atoms with E-state index in [1.54, 1.807) is 26.0 Å². The molecule has 2 aliphatic rings. The molecule has 0 saturated carbocycles.